The first-order valence-electron chi connectivity index (χ1n) is 4.80. The first-order chi connectivity index (χ1) is 8.32. The van der Waals surface area contributed by atoms with Gasteiger partial charge in [-0.1, -0.05) is 64.6 Å². The number of rotatable bonds is 1. The van der Waals surface area contributed by atoms with Gasteiger partial charge in [-0.05, 0) is 34.5 Å². The van der Waals surface area contributed by atoms with Crippen molar-refractivity contribution < 1.29 is 4.79 Å². The van der Waals surface area contributed by atoms with E-state index in [1.807, 2.05) is 0 Å². The lowest BCUT2D eigenvalue weighted by Crippen LogP contribution is -2.03. The van der Waals surface area contributed by atoms with Gasteiger partial charge in [-0.25, -0.2) is 0 Å². The van der Waals surface area contributed by atoms with Crippen LogP contribution in [0.1, 0.15) is 15.9 Å². The minimum Gasteiger partial charge on any atom is -0.276 e. The zero-order valence-electron chi connectivity index (χ0n) is 8.68. The molecule has 0 N–H and O–H groups in total. The third-order valence-corrected chi connectivity index (χ3v) is 3.59. The molecule has 0 radical (unpaired) electrons. The number of carbonyl (C=O) groups excluding carboxylic acids is 1. The molecular formula is C12H5Cl5O. The fourth-order valence-corrected chi connectivity index (χ4v) is 3.02. The summed E-state index contributed by atoms with van der Waals surface area (Å²) >= 11 is 29.3. The third kappa shape index (κ3) is 2.56. The molecule has 0 amide bonds. The molecule has 0 aliphatic heterocycles. The Hall–Kier alpha value is -0.180. The molecule has 0 aliphatic rings. The molecule has 0 fully saturated rings. The quantitative estimate of drug-likeness (QED) is 0.480. The number of carbonyl (C=O) groups is 1. The summed E-state index contributed by atoms with van der Waals surface area (Å²) < 4.78 is -1.68. The monoisotopic (exact) mass is 340 g/mol. The maximum Gasteiger partial charge on any atom is 0.253 e. The molecule has 0 saturated carbocycles. The van der Waals surface area contributed by atoms with Crippen LogP contribution in [0.2, 0.25) is 5.02 Å². The molecule has 0 spiro atoms. The molecule has 18 heavy (non-hydrogen) atoms. The van der Waals surface area contributed by atoms with E-state index in [-0.39, 0.29) is 0 Å². The summed E-state index contributed by atoms with van der Waals surface area (Å²) in [4.78, 5) is 11.3. The van der Waals surface area contributed by atoms with Crippen LogP contribution in [0.15, 0.2) is 30.3 Å². The highest BCUT2D eigenvalue weighted by Crippen LogP contribution is 2.45. The molecule has 2 aromatic rings. The van der Waals surface area contributed by atoms with E-state index in [9.17, 15) is 4.79 Å². The number of benzene rings is 2. The van der Waals surface area contributed by atoms with Crippen molar-refractivity contribution in [2.75, 3.05) is 0 Å². The van der Waals surface area contributed by atoms with E-state index in [1.165, 1.54) is 0 Å². The second kappa shape index (κ2) is 5.07. The van der Waals surface area contributed by atoms with E-state index in [1.54, 1.807) is 30.3 Å². The van der Waals surface area contributed by atoms with Crippen LogP contribution in [0.5, 0.6) is 0 Å². The first-order valence-corrected chi connectivity index (χ1v) is 6.69. The van der Waals surface area contributed by atoms with Crippen molar-refractivity contribution in [3.8, 4) is 0 Å². The van der Waals surface area contributed by atoms with Crippen LogP contribution in [0.3, 0.4) is 0 Å². The molecular weight excluding hydrogens is 337 g/mol. The topological polar surface area (TPSA) is 17.1 Å². The lowest BCUT2D eigenvalue weighted by Gasteiger charge is -2.17. The summed E-state index contributed by atoms with van der Waals surface area (Å²) in [6.45, 7) is 0. The predicted octanol–water partition coefficient (Wildman–Crippen LogP) is 5.70. The van der Waals surface area contributed by atoms with E-state index in [2.05, 4.69) is 0 Å². The molecule has 1 nitrogen and oxygen atoms in total. The van der Waals surface area contributed by atoms with Crippen molar-refractivity contribution in [2.24, 2.45) is 0 Å². The molecule has 0 unspecified atom stereocenters. The highest BCUT2D eigenvalue weighted by Gasteiger charge is 2.28. The van der Waals surface area contributed by atoms with Crippen LogP contribution in [0.4, 0.5) is 0 Å². The summed E-state index contributed by atoms with van der Waals surface area (Å²) in [7, 11) is 0. The van der Waals surface area contributed by atoms with E-state index < -0.39 is 9.03 Å². The Morgan fingerprint density at radius 1 is 1.00 bits per heavy atom. The Balaban J connectivity index is 2.91. The van der Waals surface area contributed by atoms with Gasteiger partial charge in [0.25, 0.3) is 5.24 Å². The van der Waals surface area contributed by atoms with E-state index in [4.69, 9.17) is 58.0 Å². The summed E-state index contributed by atoms with van der Waals surface area (Å²) in [5, 5.41) is 0.942. The molecule has 0 heterocycles. The van der Waals surface area contributed by atoms with Crippen molar-refractivity contribution in [1.82, 2.24) is 0 Å². The average Bonchev–Trinajstić information content (AvgIpc) is 2.25. The van der Waals surface area contributed by atoms with Gasteiger partial charge in [-0.3, -0.25) is 4.79 Å². The minimum atomic E-state index is -1.68. The van der Waals surface area contributed by atoms with Crippen LogP contribution in [0, 0.1) is 0 Å². The fraction of sp³-hybridized carbons (Fsp3) is 0.0833. The number of alkyl halides is 3. The van der Waals surface area contributed by atoms with Gasteiger partial charge in [0.1, 0.15) is 0 Å². The van der Waals surface area contributed by atoms with E-state index in [0.717, 1.165) is 0 Å². The zero-order valence-corrected chi connectivity index (χ0v) is 12.5. The Morgan fingerprint density at radius 2 is 1.67 bits per heavy atom. The van der Waals surface area contributed by atoms with E-state index >= 15 is 0 Å². The Labute approximate surface area is 129 Å². The maximum absolute atomic E-state index is 11.3. The second-order valence-corrected chi connectivity index (χ2v) is 6.63. The highest BCUT2D eigenvalue weighted by atomic mass is 35.6. The Kier molecular flexibility index (Phi) is 4.01. The standard InChI is InChI=1S/C12H5Cl5O/c13-9-5-4-6-7(10(9)12(15,16)17)2-1-3-8(6)11(14)18/h1-5H. The molecule has 0 atom stereocenters. The van der Waals surface area contributed by atoms with Crippen LogP contribution in [-0.4, -0.2) is 5.24 Å². The molecule has 0 saturated heterocycles. The molecule has 94 valence electrons. The summed E-state index contributed by atoms with van der Waals surface area (Å²) in [6.07, 6.45) is 0. The van der Waals surface area contributed by atoms with Crippen molar-refractivity contribution in [1.29, 1.82) is 0 Å². The van der Waals surface area contributed by atoms with Gasteiger partial charge in [0.05, 0.1) is 0 Å². The van der Waals surface area contributed by atoms with Gasteiger partial charge in [0.2, 0.25) is 3.79 Å². The molecule has 2 aromatic carbocycles. The van der Waals surface area contributed by atoms with Crippen LogP contribution in [0.25, 0.3) is 10.8 Å². The van der Waals surface area contributed by atoms with Crippen molar-refractivity contribution >= 4 is 74.0 Å². The van der Waals surface area contributed by atoms with Gasteiger partial charge >= 0.3 is 0 Å². The normalized spacial score (nSPS) is 11.8. The van der Waals surface area contributed by atoms with Crippen molar-refractivity contribution in [2.45, 2.75) is 3.79 Å². The summed E-state index contributed by atoms with van der Waals surface area (Å²) in [6, 6.07) is 8.24. The third-order valence-electron chi connectivity index (χ3n) is 2.51. The average molecular weight is 342 g/mol. The lowest BCUT2D eigenvalue weighted by atomic mass is 10.0. The number of fused-ring (bicyclic) bond motifs is 1. The Bertz CT molecular complexity index is 630. The van der Waals surface area contributed by atoms with Gasteiger partial charge in [-0.2, -0.15) is 0 Å². The van der Waals surface area contributed by atoms with Crippen LogP contribution < -0.4 is 0 Å². The highest BCUT2D eigenvalue weighted by molar-refractivity contribution is 6.69. The van der Waals surface area contributed by atoms with Crippen molar-refractivity contribution in [3.63, 3.8) is 0 Å². The SMILES string of the molecule is O=C(Cl)c1cccc2c(C(Cl)(Cl)Cl)c(Cl)ccc12. The fourth-order valence-electron chi connectivity index (χ4n) is 1.79. The smallest absolute Gasteiger partial charge is 0.253 e. The van der Waals surface area contributed by atoms with Gasteiger partial charge in [0, 0.05) is 16.1 Å². The summed E-state index contributed by atoms with van der Waals surface area (Å²) in [5.74, 6) is 0. The number of hydrogen-bond acceptors (Lipinski definition) is 1. The van der Waals surface area contributed by atoms with Crippen LogP contribution >= 0.6 is 58.0 Å². The van der Waals surface area contributed by atoms with Crippen LogP contribution in [-0.2, 0) is 3.79 Å². The van der Waals surface area contributed by atoms with Crippen molar-refractivity contribution in [3.05, 3.63) is 46.5 Å². The van der Waals surface area contributed by atoms with Gasteiger partial charge < -0.3 is 0 Å². The molecule has 0 aromatic heterocycles. The lowest BCUT2D eigenvalue weighted by molar-refractivity contribution is 0.108. The van der Waals surface area contributed by atoms with E-state index in [0.29, 0.717) is 26.9 Å². The number of halogens is 5. The molecule has 6 heteroatoms. The molecule has 0 bridgehead atoms. The largest absolute Gasteiger partial charge is 0.276 e. The number of hydrogen-bond donors (Lipinski definition) is 0. The summed E-state index contributed by atoms with van der Waals surface area (Å²) in [5.41, 5.74) is 0.688. The Morgan fingerprint density at radius 3 is 2.22 bits per heavy atom. The van der Waals surface area contributed by atoms with Gasteiger partial charge in [-0.15, -0.1) is 0 Å². The first kappa shape index (κ1) is 14.2. The maximum atomic E-state index is 11.3. The zero-order chi connectivity index (χ0) is 13.5. The molecule has 2 rings (SSSR count). The molecule has 0 aliphatic carbocycles. The minimum absolute atomic E-state index is 0.321. The second-order valence-electron chi connectivity index (χ2n) is 3.59. The predicted molar refractivity (Wildman–Crippen MR) is 78.4 cm³/mol. The van der Waals surface area contributed by atoms with Gasteiger partial charge in [0.15, 0.2) is 0 Å².